The Morgan fingerprint density at radius 1 is 1.56 bits per heavy atom. The molecule has 0 spiro atoms. The van der Waals surface area contributed by atoms with E-state index in [1.54, 1.807) is 6.92 Å². The Hall–Kier alpha value is -1.72. The van der Waals surface area contributed by atoms with Crippen molar-refractivity contribution in [1.82, 2.24) is 5.32 Å². The summed E-state index contributed by atoms with van der Waals surface area (Å²) in [6.45, 7) is 1.68. The van der Waals surface area contributed by atoms with Gasteiger partial charge < -0.3 is 10.4 Å². The van der Waals surface area contributed by atoms with E-state index in [9.17, 15) is 18.4 Å². The van der Waals surface area contributed by atoms with Gasteiger partial charge in [-0.2, -0.15) is 0 Å². The highest BCUT2D eigenvalue weighted by atomic mass is 19.1. The number of hydrogen-bond acceptors (Lipinski definition) is 2. The van der Waals surface area contributed by atoms with Crippen LogP contribution in [-0.2, 0) is 9.59 Å². The lowest BCUT2D eigenvalue weighted by Gasteiger charge is -2.35. The standard InChI is InChI=1S/C12H13F2NO3/c1-12(3-6(13)2-7(14)4-12)8-5-15-10(16)9(8)11(17)18/h2-3,8-9H,4-5H2,1H3,(H,15,16)(H,17,18)/t8-,9?,12?/m1/s1. The molecule has 1 aliphatic heterocycles. The van der Waals surface area contributed by atoms with Crippen molar-refractivity contribution in [2.45, 2.75) is 13.3 Å². The Kier molecular flexibility index (Phi) is 2.96. The molecule has 6 heteroatoms. The Morgan fingerprint density at radius 2 is 2.22 bits per heavy atom. The third kappa shape index (κ3) is 2.02. The zero-order valence-corrected chi connectivity index (χ0v) is 9.74. The zero-order valence-electron chi connectivity index (χ0n) is 9.74. The van der Waals surface area contributed by atoms with Crippen molar-refractivity contribution < 1.29 is 23.5 Å². The maximum absolute atomic E-state index is 13.3. The van der Waals surface area contributed by atoms with E-state index in [4.69, 9.17) is 5.11 Å². The lowest BCUT2D eigenvalue weighted by molar-refractivity contribution is -0.148. The van der Waals surface area contributed by atoms with Crippen molar-refractivity contribution in [2.75, 3.05) is 6.54 Å². The monoisotopic (exact) mass is 257 g/mol. The van der Waals surface area contributed by atoms with Crippen LogP contribution in [0.25, 0.3) is 0 Å². The van der Waals surface area contributed by atoms with E-state index in [1.807, 2.05) is 0 Å². The van der Waals surface area contributed by atoms with Crippen molar-refractivity contribution in [2.24, 2.45) is 17.3 Å². The van der Waals surface area contributed by atoms with Crippen LogP contribution in [-0.4, -0.2) is 23.5 Å². The summed E-state index contributed by atoms with van der Waals surface area (Å²) in [5.74, 6) is -5.15. The van der Waals surface area contributed by atoms with Gasteiger partial charge in [0.2, 0.25) is 5.91 Å². The fourth-order valence-electron chi connectivity index (χ4n) is 2.73. The molecule has 0 aromatic heterocycles. The van der Waals surface area contributed by atoms with Crippen LogP contribution in [0.3, 0.4) is 0 Å². The second-order valence-electron chi connectivity index (χ2n) is 4.97. The molecule has 98 valence electrons. The molecule has 18 heavy (non-hydrogen) atoms. The number of carboxylic acid groups (broad SMARTS) is 1. The first-order valence-electron chi connectivity index (χ1n) is 5.58. The van der Waals surface area contributed by atoms with Crippen molar-refractivity contribution in [3.8, 4) is 0 Å². The Balaban J connectivity index is 2.34. The van der Waals surface area contributed by atoms with Crippen molar-refractivity contribution in [3.63, 3.8) is 0 Å². The predicted octanol–water partition coefficient (Wildman–Crippen LogP) is 1.55. The molecule has 0 bridgehead atoms. The van der Waals surface area contributed by atoms with Crippen LogP contribution < -0.4 is 5.32 Å². The molecule has 0 aromatic rings. The van der Waals surface area contributed by atoms with Gasteiger partial charge in [-0.05, 0) is 6.08 Å². The lowest BCUT2D eigenvalue weighted by Crippen LogP contribution is -2.37. The molecule has 1 fully saturated rings. The molecular formula is C12H13F2NO3. The van der Waals surface area contributed by atoms with E-state index in [-0.39, 0.29) is 13.0 Å². The number of amides is 1. The molecule has 1 heterocycles. The maximum atomic E-state index is 13.3. The van der Waals surface area contributed by atoms with E-state index >= 15 is 0 Å². The summed E-state index contributed by atoms with van der Waals surface area (Å²) in [7, 11) is 0. The topological polar surface area (TPSA) is 66.4 Å². The largest absolute Gasteiger partial charge is 0.481 e. The predicted molar refractivity (Wildman–Crippen MR) is 58.7 cm³/mol. The minimum Gasteiger partial charge on any atom is -0.481 e. The number of allylic oxidation sites excluding steroid dienone is 4. The summed E-state index contributed by atoms with van der Waals surface area (Å²) in [4.78, 5) is 22.5. The second-order valence-corrected chi connectivity index (χ2v) is 4.97. The highest BCUT2D eigenvalue weighted by Crippen LogP contribution is 2.45. The first kappa shape index (κ1) is 12.7. The molecule has 1 amide bonds. The van der Waals surface area contributed by atoms with Crippen molar-refractivity contribution in [1.29, 1.82) is 0 Å². The van der Waals surface area contributed by atoms with Crippen molar-refractivity contribution >= 4 is 11.9 Å². The Labute approximate surface area is 102 Å². The van der Waals surface area contributed by atoms with Gasteiger partial charge in [-0.25, -0.2) is 8.78 Å². The molecular weight excluding hydrogens is 244 g/mol. The summed E-state index contributed by atoms with van der Waals surface area (Å²) in [6.07, 6.45) is 1.89. The van der Waals surface area contributed by atoms with Gasteiger partial charge in [-0.3, -0.25) is 9.59 Å². The van der Waals surface area contributed by atoms with E-state index < -0.39 is 40.8 Å². The van der Waals surface area contributed by atoms with Gasteiger partial charge in [0.1, 0.15) is 17.6 Å². The van der Waals surface area contributed by atoms with E-state index in [1.165, 1.54) is 6.08 Å². The summed E-state index contributed by atoms with van der Waals surface area (Å²) in [5.41, 5.74) is -1.01. The van der Waals surface area contributed by atoms with Gasteiger partial charge in [0.05, 0.1) is 0 Å². The first-order chi connectivity index (χ1) is 8.33. The fourth-order valence-corrected chi connectivity index (χ4v) is 2.73. The number of rotatable bonds is 2. The van der Waals surface area contributed by atoms with Gasteiger partial charge >= 0.3 is 5.97 Å². The molecule has 0 radical (unpaired) electrons. The number of nitrogens with one attached hydrogen (secondary N) is 1. The summed E-state index contributed by atoms with van der Waals surface area (Å²) < 4.78 is 26.6. The number of aliphatic carboxylic acids is 1. The molecule has 1 aliphatic carbocycles. The quantitative estimate of drug-likeness (QED) is 0.737. The Morgan fingerprint density at radius 3 is 2.78 bits per heavy atom. The van der Waals surface area contributed by atoms with Gasteiger partial charge in [-0.1, -0.05) is 6.92 Å². The Bertz CT molecular complexity index is 472. The van der Waals surface area contributed by atoms with Crippen LogP contribution in [0, 0.1) is 17.3 Å². The minimum atomic E-state index is -1.26. The molecule has 0 saturated carbocycles. The third-order valence-electron chi connectivity index (χ3n) is 3.61. The van der Waals surface area contributed by atoms with E-state index in [2.05, 4.69) is 5.32 Å². The average molecular weight is 257 g/mol. The summed E-state index contributed by atoms with van der Waals surface area (Å²) >= 11 is 0. The number of carboxylic acids is 1. The molecule has 2 aliphatic rings. The van der Waals surface area contributed by atoms with E-state index in [0.717, 1.165) is 6.08 Å². The van der Waals surface area contributed by atoms with E-state index in [0.29, 0.717) is 0 Å². The van der Waals surface area contributed by atoms with Gasteiger partial charge in [0.15, 0.2) is 0 Å². The highest BCUT2D eigenvalue weighted by Gasteiger charge is 2.50. The van der Waals surface area contributed by atoms with Crippen LogP contribution in [0.4, 0.5) is 8.78 Å². The minimum absolute atomic E-state index is 0.0934. The molecule has 2 N–H and O–H groups in total. The molecule has 0 aromatic carbocycles. The lowest BCUT2D eigenvalue weighted by atomic mass is 9.68. The first-order valence-corrected chi connectivity index (χ1v) is 5.58. The van der Waals surface area contributed by atoms with Crippen molar-refractivity contribution in [3.05, 3.63) is 23.8 Å². The average Bonchev–Trinajstić information content (AvgIpc) is 2.58. The van der Waals surface area contributed by atoms with Crippen LogP contribution >= 0.6 is 0 Å². The molecule has 3 atom stereocenters. The van der Waals surface area contributed by atoms with Crippen LogP contribution in [0.5, 0.6) is 0 Å². The van der Waals surface area contributed by atoms with Gasteiger partial charge in [0, 0.05) is 30.4 Å². The second kappa shape index (κ2) is 4.19. The van der Waals surface area contributed by atoms with Crippen LogP contribution in [0.1, 0.15) is 13.3 Å². The zero-order chi connectivity index (χ0) is 13.5. The molecule has 2 rings (SSSR count). The molecule has 1 saturated heterocycles. The molecule has 4 nitrogen and oxygen atoms in total. The van der Waals surface area contributed by atoms with Crippen LogP contribution in [0.2, 0.25) is 0 Å². The highest BCUT2D eigenvalue weighted by molar-refractivity contribution is 5.99. The molecule has 2 unspecified atom stereocenters. The SMILES string of the molecule is CC1([C@@H]2CNC(=O)C2C(=O)O)C=C(F)C=C(F)C1. The van der Waals surface area contributed by atoms with Crippen LogP contribution in [0.15, 0.2) is 23.8 Å². The summed E-state index contributed by atoms with van der Waals surface area (Å²) in [6, 6.07) is 0. The normalized spacial score (nSPS) is 35.8. The number of carbonyl (C=O) groups is 2. The fraction of sp³-hybridized carbons (Fsp3) is 0.500. The third-order valence-corrected chi connectivity index (χ3v) is 3.61. The number of halogens is 2. The smallest absolute Gasteiger partial charge is 0.316 e. The number of carbonyl (C=O) groups excluding carboxylic acids is 1. The number of hydrogen-bond donors (Lipinski definition) is 2. The summed E-state index contributed by atoms with van der Waals surface area (Å²) in [5, 5.41) is 11.5. The van der Waals surface area contributed by atoms with Gasteiger partial charge in [-0.15, -0.1) is 0 Å². The maximum Gasteiger partial charge on any atom is 0.316 e. The van der Waals surface area contributed by atoms with Gasteiger partial charge in [0.25, 0.3) is 0 Å².